The molecule has 1 heterocycles. The third-order valence-electron chi connectivity index (χ3n) is 2.17. The monoisotopic (exact) mass is 242 g/mol. The summed E-state index contributed by atoms with van der Waals surface area (Å²) in [6.45, 7) is 5.31. The lowest BCUT2D eigenvalue weighted by Gasteiger charge is -2.25. The van der Waals surface area contributed by atoms with Crippen LogP contribution in [0.3, 0.4) is 0 Å². The minimum atomic E-state index is -0.449. The second-order valence-corrected chi connectivity index (χ2v) is 4.47. The first-order chi connectivity index (χ1) is 7.93. The van der Waals surface area contributed by atoms with Gasteiger partial charge >= 0.3 is 0 Å². The maximum atomic E-state index is 11.5. The largest absolute Gasteiger partial charge is 0.465 e. The molecule has 0 bridgehead atoms. The van der Waals surface area contributed by atoms with Gasteiger partial charge < -0.3 is 19.7 Å². The maximum Gasteiger partial charge on any atom is 0.258 e. The van der Waals surface area contributed by atoms with Gasteiger partial charge in [0.1, 0.15) is 5.76 Å². The highest BCUT2D eigenvalue weighted by atomic mass is 16.5. The zero-order chi connectivity index (χ0) is 12.9. The number of aromatic nitrogens is 1. The molecule has 0 aliphatic heterocycles. The van der Waals surface area contributed by atoms with Gasteiger partial charge in [-0.25, -0.2) is 0 Å². The molecule has 17 heavy (non-hydrogen) atoms. The molecule has 0 atom stereocenters. The summed E-state index contributed by atoms with van der Waals surface area (Å²) < 4.78 is 9.93. The van der Waals surface area contributed by atoms with Crippen molar-refractivity contribution in [3.05, 3.63) is 11.8 Å². The number of carbonyl (C=O) groups excluding carboxylic acids is 1. The second kappa shape index (κ2) is 5.67. The normalized spacial score (nSPS) is 11.3. The SMILES string of the molecule is Cc1cc(OCC(=O)NC(C)(C)CCO)no1. The molecule has 6 nitrogen and oxygen atoms in total. The van der Waals surface area contributed by atoms with Crippen LogP contribution in [0, 0.1) is 6.92 Å². The Hall–Kier alpha value is -1.56. The predicted octanol–water partition coefficient (Wildman–Crippen LogP) is 0.639. The number of aryl methyl sites for hydroxylation is 1. The van der Waals surface area contributed by atoms with Crippen LogP contribution in [0.15, 0.2) is 10.6 Å². The van der Waals surface area contributed by atoms with E-state index in [9.17, 15) is 4.79 Å². The molecule has 96 valence electrons. The van der Waals surface area contributed by atoms with Gasteiger partial charge in [0.15, 0.2) is 6.61 Å². The molecular weight excluding hydrogens is 224 g/mol. The van der Waals surface area contributed by atoms with Crippen molar-refractivity contribution in [1.29, 1.82) is 0 Å². The molecule has 1 aromatic rings. The summed E-state index contributed by atoms with van der Waals surface area (Å²) >= 11 is 0. The van der Waals surface area contributed by atoms with E-state index in [1.165, 1.54) is 0 Å². The van der Waals surface area contributed by atoms with E-state index < -0.39 is 5.54 Å². The van der Waals surface area contributed by atoms with Crippen molar-refractivity contribution in [3.8, 4) is 5.88 Å². The minimum Gasteiger partial charge on any atom is -0.465 e. The van der Waals surface area contributed by atoms with Gasteiger partial charge in [-0.2, -0.15) is 0 Å². The van der Waals surface area contributed by atoms with Gasteiger partial charge in [0.2, 0.25) is 0 Å². The zero-order valence-electron chi connectivity index (χ0n) is 10.3. The van der Waals surface area contributed by atoms with Crippen molar-refractivity contribution >= 4 is 5.91 Å². The van der Waals surface area contributed by atoms with Crippen LogP contribution in [-0.2, 0) is 4.79 Å². The van der Waals surface area contributed by atoms with Gasteiger partial charge in [-0.05, 0) is 32.3 Å². The summed E-state index contributed by atoms with van der Waals surface area (Å²) in [5, 5.41) is 15.2. The third-order valence-corrected chi connectivity index (χ3v) is 2.17. The van der Waals surface area contributed by atoms with Gasteiger partial charge in [-0.15, -0.1) is 0 Å². The van der Waals surface area contributed by atoms with Crippen LogP contribution in [0.2, 0.25) is 0 Å². The van der Waals surface area contributed by atoms with E-state index in [1.807, 2.05) is 13.8 Å². The fraction of sp³-hybridized carbons (Fsp3) is 0.636. The topological polar surface area (TPSA) is 84.6 Å². The van der Waals surface area contributed by atoms with E-state index in [0.29, 0.717) is 12.2 Å². The van der Waals surface area contributed by atoms with Crippen LogP contribution in [0.25, 0.3) is 0 Å². The number of carbonyl (C=O) groups is 1. The minimum absolute atomic E-state index is 0.0244. The molecule has 0 aliphatic carbocycles. The molecule has 0 fully saturated rings. The van der Waals surface area contributed by atoms with Gasteiger partial charge in [0, 0.05) is 18.2 Å². The van der Waals surface area contributed by atoms with E-state index in [-0.39, 0.29) is 25.0 Å². The Morgan fingerprint density at radius 1 is 1.65 bits per heavy atom. The van der Waals surface area contributed by atoms with Crippen molar-refractivity contribution < 1.29 is 19.2 Å². The lowest BCUT2D eigenvalue weighted by Crippen LogP contribution is -2.46. The fourth-order valence-corrected chi connectivity index (χ4v) is 1.31. The van der Waals surface area contributed by atoms with Crippen LogP contribution in [0.1, 0.15) is 26.0 Å². The summed E-state index contributed by atoms with van der Waals surface area (Å²) in [7, 11) is 0. The number of ether oxygens (including phenoxy) is 1. The molecular formula is C11H18N2O4. The van der Waals surface area contributed by atoms with Crippen molar-refractivity contribution in [3.63, 3.8) is 0 Å². The molecule has 0 spiro atoms. The maximum absolute atomic E-state index is 11.5. The van der Waals surface area contributed by atoms with Crippen LogP contribution in [0.5, 0.6) is 5.88 Å². The lowest BCUT2D eigenvalue weighted by molar-refractivity contribution is -0.124. The molecule has 0 aliphatic rings. The van der Waals surface area contributed by atoms with Crippen LogP contribution >= 0.6 is 0 Å². The first-order valence-electron chi connectivity index (χ1n) is 5.41. The van der Waals surface area contributed by atoms with Crippen LogP contribution in [-0.4, -0.2) is 34.9 Å². The Kier molecular flexibility index (Phi) is 4.51. The first kappa shape index (κ1) is 13.5. The molecule has 0 radical (unpaired) electrons. The van der Waals surface area contributed by atoms with Gasteiger partial charge in [-0.3, -0.25) is 4.79 Å². The molecule has 1 amide bonds. The number of nitrogens with zero attached hydrogens (tertiary/aromatic N) is 1. The van der Waals surface area contributed by atoms with Gasteiger partial charge in [-0.1, -0.05) is 0 Å². The molecule has 0 aromatic carbocycles. The standard InChI is InChI=1S/C11H18N2O4/c1-8-6-10(13-17-8)16-7-9(15)12-11(2,3)4-5-14/h6,14H,4-5,7H2,1-3H3,(H,12,15). The highest BCUT2D eigenvalue weighted by molar-refractivity contribution is 5.78. The van der Waals surface area contributed by atoms with Crippen molar-refractivity contribution in [2.24, 2.45) is 0 Å². The summed E-state index contributed by atoms with van der Waals surface area (Å²) in [5.41, 5.74) is -0.449. The van der Waals surface area contributed by atoms with Gasteiger partial charge in [0.25, 0.3) is 11.8 Å². The quantitative estimate of drug-likeness (QED) is 0.764. The van der Waals surface area contributed by atoms with Gasteiger partial charge in [0.05, 0.1) is 0 Å². The molecule has 1 aromatic heterocycles. The molecule has 0 saturated carbocycles. The second-order valence-electron chi connectivity index (χ2n) is 4.47. The van der Waals surface area contributed by atoms with Crippen molar-refractivity contribution in [2.45, 2.75) is 32.7 Å². The van der Waals surface area contributed by atoms with E-state index in [1.54, 1.807) is 13.0 Å². The number of nitrogens with one attached hydrogen (secondary N) is 1. The highest BCUT2D eigenvalue weighted by Gasteiger charge is 2.19. The first-order valence-corrected chi connectivity index (χ1v) is 5.41. The zero-order valence-corrected chi connectivity index (χ0v) is 10.3. The lowest BCUT2D eigenvalue weighted by atomic mass is 10.0. The highest BCUT2D eigenvalue weighted by Crippen LogP contribution is 2.10. The Labute approximate surface area is 99.9 Å². The molecule has 0 unspecified atom stereocenters. The summed E-state index contributed by atoms with van der Waals surface area (Å²) in [6.07, 6.45) is 0.488. The summed E-state index contributed by atoms with van der Waals surface area (Å²) in [6, 6.07) is 1.60. The average molecular weight is 242 g/mol. The Morgan fingerprint density at radius 2 is 2.35 bits per heavy atom. The summed E-state index contributed by atoms with van der Waals surface area (Å²) in [5.74, 6) is 0.655. The van der Waals surface area contributed by atoms with E-state index in [2.05, 4.69) is 10.5 Å². The Balaban J connectivity index is 2.35. The summed E-state index contributed by atoms with van der Waals surface area (Å²) in [4.78, 5) is 11.5. The van der Waals surface area contributed by atoms with E-state index in [0.717, 1.165) is 0 Å². The third kappa shape index (κ3) is 4.86. The Morgan fingerprint density at radius 3 is 2.88 bits per heavy atom. The molecule has 6 heteroatoms. The number of rotatable bonds is 6. The fourth-order valence-electron chi connectivity index (χ4n) is 1.31. The molecule has 0 saturated heterocycles. The Bertz CT molecular complexity index is 373. The molecule has 1 rings (SSSR count). The smallest absolute Gasteiger partial charge is 0.258 e. The number of hydrogen-bond acceptors (Lipinski definition) is 5. The van der Waals surface area contributed by atoms with Crippen molar-refractivity contribution in [1.82, 2.24) is 10.5 Å². The number of hydrogen-bond donors (Lipinski definition) is 2. The van der Waals surface area contributed by atoms with Crippen LogP contribution in [0.4, 0.5) is 0 Å². The van der Waals surface area contributed by atoms with Crippen molar-refractivity contribution in [2.75, 3.05) is 13.2 Å². The number of aliphatic hydroxyl groups is 1. The van der Waals surface area contributed by atoms with Crippen LogP contribution < -0.4 is 10.1 Å². The molecule has 2 N–H and O–H groups in total. The number of aliphatic hydroxyl groups excluding tert-OH is 1. The predicted molar refractivity (Wildman–Crippen MR) is 60.7 cm³/mol. The average Bonchev–Trinajstić information content (AvgIpc) is 2.60. The van der Waals surface area contributed by atoms with E-state index >= 15 is 0 Å². The number of amides is 1. The van der Waals surface area contributed by atoms with E-state index in [4.69, 9.17) is 14.4 Å².